The number of unbranched alkanes of at least 4 members (excludes halogenated alkanes) is 1. The van der Waals surface area contributed by atoms with Crippen molar-refractivity contribution in [3.05, 3.63) is 0 Å². The molecular formula is C13H26N2O3. The molecule has 0 saturated carbocycles. The molecule has 18 heavy (non-hydrogen) atoms. The minimum atomic E-state index is -0.441. The number of nitrogens with zero attached hydrogens (tertiary/aromatic N) is 1. The molecule has 1 atom stereocenters. The van der Waals surface area contributed by atoms with Gasteiger partial charge in [-0.1, -0.05) is 0 Å². The Kier molecular flexibility index (Phi) is 5.88. The van der Waals surface area contributed by atoms with Crippen LogP contribution in [0, 0.1) is 0 Å². The molecule has 1 aliphatic rings. The highest BCUT2D eigenvalue weighted by atomic mass is 16.6. The van der Waals surface area contributed by atoms with Crippen molar-refractivity contribution in [3.8, 4) is 0 Å². The maximum absolute atomic E-state index is 11.6. The van der Waals surface area contributed by atoms with Crippen molar-refractivity contribution in [1.29, 1.82) is 0 Å². The summed E-state index contributed by atoms with van der Waals surface area (Å²) in [4.78, 5) is 13.9. The van der Waals surface area contributed by atoms with E-state index in [4.69, 9.17) is 9.84 Å². The first-order valence-corrected chi connectivity index (χ1v) is 6.73. The van der Waals surface area contributed by atoms with Gasteiger partial charge in [-0.15, -0.1) is 0 Å². The zero-order valence-corrected chi connectivity index (χ0v) is 11.7. The van der Waals surface area contributed by atoms with Crippen LogP contribution in [0.5, 0.6) is 0 Å². The third-order valence-electron chi connectivity index (χ3n) is 2.88. The fourth-order valence-electron chi connectivity index (χ4n) is 2.07. The van der Waals surface area contributed by atoms with Crippen LogP contribution in [-0.4, -0.2) is 54.0 Å². The van der Waals surface area contributed by atoms with Crippen molar-refractivity contribution in [2.24, 2.45) is 0 Å². The standard InChI is InChI=1S/C13H26N2O3/c1-13(2,3)18-12(17)14-11-6-8-15(10-11)7-4-5-9-16/h11,16H,4-10H2,1-3H3,(H,14,17). The molecule has 1 heterocycles. The molecule has 0 radical (unpaired) electrons. The summed E-state index contributed by atoms with van der Waals surface area (Å²) in [7, 11) is 0. The topological polar surface area (TPSA) is 61.8 Å². The Hall–Kier alpha value is -0.810. The smallest absolute Gasteiger partial charge is 0.407 e. The van der Waals surface area contributed by atoms with Gasteiger partial charge in [0.2, 0.25) is 0 Å². The lowest BCUT2D eigenvalue weighted by Crippen LogP contribution is -2.40. The van der Waals surface area contributed by atoms with Gasteiger partial charge in [-0.3, -0.25) is 0 Å². The average molecular weight is 258 g/mol. The lowest BCUT2D eigenvalue weighted by atomic mass is 10.2. The first kappa shape index (κ1) is 15.2. The van der Waals surface area contributed by atoms with E-state index in [1.165, 1.54) is 0 Å². The number of aliphatic hydroxyl groups excluding tert-OH is 1. The number of alkyl carbamates (subject to hydrolysis) is 1. The maximum atomic E-state index is 11.6. The molecule has 1 saturated heterocycles. The van der Waals surface area contributed by atoms with E-state index in [1.807, 2.05) is 20.8 Å². The van der Waals surface area contributed by atoms with Gasteiger partial charge in [0.1, 0.15) is 5.60 Å². The highest BCUT2D eigenvalue weighted by molar-refractivity contribution is 5.68. The van der Waals surface area contributed by atoms with Gasteiger partial charge in [0.15, 0.2) is 0 Å². The first-order valence-electron chi connectivity index (χ1n) is 6.73. The van der Waals surface area contributed by atoms with E-state index >= 15 is 0 Å². The van der Waals surface area contributed by atoms with Gasteiger partial charge in [0.25, 0.3) is 0 Å². The summed E-state index contributed by atoms with van der Waals surface area (Å²) >= 11 is 0. The molecule has 1 fully saturated rings. The molecule has 106 valence electrons. The molecule has 1 aliphatic heterocycles. The zero-order valence-electron chi connectivity index (χ0n) is 11.7. The number of hydrogen-bond acceptors (Lipinski definition) is 4. The largest absolute Gasteiger partial charge is 0.444 e. The molecular weight excluding hydrogens is 232 g/mol. The van der Waals surface area contributed by atoms with Crippen LogP contribution < -0.4 is 5.32 Å². The van der Waals surface area contributed by atoms with Crippen molar-refractivity contribution < 1.29 is 14.6 Å². The molecule has 1 unspecified atom stereocenters. The van der Waals surface area contributed by atoms with Crippen LogP contribution in [0.25, 0.3) is 0 Å². The van der Waals surface area contributed by atoms with Crippen molar-refractivity contribution in [2.75, 3.05) is 26.2 Å². The number of hydrogen-bond donors (Lipinski definition) is 2. The van der Waals surface area contributed by atoms with Crippen molar-refractivity contribution in [1.82, 2.24) is 10.2 Å². The predicted molar refractivity (Wildman–Crippen MR) is 70.5 cm³/mol. The van der Waals surface area contributed by atoms with Crippen LogP contribution >= 0.6 is 0 Å². The summed E-state index contributed by atoms with van der Waals surface area (Å²) < 4.78 is 5.23. The lowest BCUT2D eigenvalue weighted by molar-refractivity contribution is 0.0506. The molecule has 5 nitrogen and oxygen atoms in total. The summed E-state index contributed by atoms with van der Waals surface area (Å²) in [5.41, 5.74) is -0.441. The van der Waals surface area contributed by atoms with E-state index in [1.54, 1.807) is 0 Å². The molecule has 2 N–H and O–H groups in total. The molecule has 1 rings (SSSR count). The van der Waals surface area contributed by atoms with Gasteiger partial charge in [-0.2, -0.15) is 0 Å². The predicted octanol–water partition coefficient (Wildman–Crippen LogP) is 1.36. The maximum Gasteiger partial charge on any atom is 0.407 e. The SMILES string of the molecule is CC(C)(C)OC(=O)NC1CCN(CCCCO)C1. The third-order valence-corrected chi connectivity index (χ3v) is 2.88. The number of carbonyl (C=O) groups is 1. The van der Waals surface area contributed by atoms with Crippen LogP contribution in [0.15, 0.2) is 0 Å². The Morgan fingerprint density at radius 2 is 2.17 bits per heavy atom. The Morgan fingerprint density at radius 1 is 1.44 bits per heavy atom. The van der Waals surface area contributed by atoms with Gasteiger partial charge >= 0.3 is 6.09 Å². The van der Waals surface area contributed by atoms with E-state index in [2.05, 4.69) is 10.2 Å². The molecule has 1 amide bonds. The van der Waals surface area contributed by atoms with Gasteiger partial charge in [0, 0.05) is 25.7 Å². The second-order valence-electron chi connectivity index (χ2n) is 5.86. The Balaban J connectivity index is 2.19. The van der Waals surface area contributed by atoms with Crippen molar-refractivity contribution >= 4 is 6.09 Å². The number of ether oxygens (including phenoxy) is 1. The number of nitrogens with one attached hydrogen (secondary N) is 1. The van der Waals surface area contributed by atoms with Crippen LogP contribution in [0.3, 0.4) is 0 Å². The van der Waals surface area contributed by atoms with Crippen LogP contribution in [0.2, 0.25) is 0 Å². The van der Waals surface area contributed by atoms with Crippen LogP contribution in [-0.2, 0) is 4.74 Å². The van der Waals surface area contributed by atoms with E-state index < -0.39 is 5.60 Å². The number of rotatable bonds is 5. The van der Waals surface area contributed by atoms with Crippen molar-refractivity contribution in [3.63, 3.8) is 0 Å². The fourth-order valence-corrected chi connectivity index (χ4v) is 2.07. The minimum absolute atomic E-state index is 0.189. The first-order chi connectivity index (χ1) is 8.40. The summed E-state index contributed by atoms with van der Waals surface area (Å²) in [6.07, 6.45) is 2.50. The fraction of sp³-hybridized carbons (Fsp3) is 0.923. The molecule has 0 aromatic heterocycles. The molecule has 0 aliphatic carbocycles. The van der Waals surface area contributed by atoms with E-state index in [0.29, 0.717) is 0 Å². The summed E-state index contributed by atoms with van der Waals surface area (Å²) in [5, 5.41) is 11.6. The number of amides is 1. The number of likely N-dealkylation sites (tertiary alicyclic amines) is 1. The van der Waals surface area contributed by atoms with Crippen LogP contribution in [0.1, 0.15) is 40.0 Å². The van der Waals surface area contributed by atoms with E-state index in [-0.39, 0.29) is 18.7 Å². The zero-order chi connectivity index (χ0) is 13.6. The second-order valence-corrected chi connectivity index (χ2v) is 5.86. The quantitative estimate of drug-likeness (QED) is 0.731. The Labute approximate surface area is 109 Å². The Bertz CT molecular complexity index is 263. The number of carbonyl (C=O) groups excluding carboxylic acids is 1. The van der Waals surface area contributed by atoms with Gasteiger partial charge in [-0.05, 0) is 46.6 Å². The van der Waals surface area contributed by atoms with E-state index in [9.17, 15) is 4.79 Å². The highest BCUT2D eigenvalue weighted by Gasteiger charge is 2.25. The summed E-state index contributed by atoms with van der Waals surface area (Å²) in [5.74, 6) is 0. The molecule has 0 bridgehead atoms. The lowest BCUT2D eigenvalue weighted by Gasteiger charge is -2.22. The second kappa shape index (κ2) is 6.95. The molecule has 0 aromatic carbocycles. The summed E-state index contributed by atoms with van der Waals surface area (Å²) in [6, 6.07) is 0.189. The Morgan fingerprint density at radius 3 is 2.78 bits per heavy atom. The third kappa shape index (κ3) is 6.21. The van der Waals surface area contributed by atoms with E-state index in [0.717, 1.165) is 38.9 Å². The minimum Gasteiger partial charge on any atom is -0.444 e. The van der Waals surface area contributed by atoms with Crippen LogP contribution in [0.4, 0.5) is 4.79 Å². The number of aliphatic hydroxyl groups is 1. The van der Waals surface area contributed by atoms with Gasteiger partial charge < -0.3 is 20.1 Å². The molecule has 0 spiro atoms. The monoisotopic (exact) mass is 258 g/mol. The summed E-state index contributed by atoms with van der Waals surface area (Å²) in [6.45, 7) is 8.73. The van der Waals surface area contributed by atoms with Crippen molar-refractivity contribution in [2.45, 2.75) is 51.7 Å². The average Bonchev–Trinajstić information content (AvgIpc) is 2.63. The van der Waals surface area contributed by atoms with Gasteiger partial charge in [0.05, 0.1) is 0 Å². The molecule has 0 aromatic rings. The normalized spacial score (nSPS) is 21.0. The highest BCUT2D eigenvalue weighted by Crippen LogP contribution is 2.12. The molecule has 5 heteroatoms. The van der Waals surface area contributed by atoms with Gasteiger partial charge in [-0.25, -0.2) is 4.79 Å².